The van der Waals surface area contributed by atoms with Crippen molar-refractivity contribution < 1.29 is 13.2 Å². The Morgan fingerprint density at radius 1 is 1.27 bits per heavy atom. The van der Waals surface area contributed by atoms with Crippen LogP contribution >= 0.6 is 23.2 Å². The number of hydrogen-bond acceptors (Lipinski definition) is 1. The summed E-state index contributed by atoms with van der Waals surface area (Å²) in [6, 6.07) is 6.28. The molecule has 0 aromatic heterocycles. The van der Waals surface area contributed by atoms with Crippen molar-refractivity contribution in [3.05, 3.63) is 29.3 Å². The highest BCUT2D eigenvalue weighted by molar-refractivity contribution is 6.65. The zero-order valence-corrected chi connectivity index (χ0v) is 8.87. The second-order valence-corrected chi connectivity index (χ2v) is 3.57. The number of halogens is 5. The second-order valence-electron chi connectivity index (χ2n) is 2.73. The molecule has 0 saturated heterocycles. The Bertz CT molecular complexity index is 374. The topological polar surface area (TPSA) is 12.4 Å². The van der Waals surface area contributed by atoms with E-state index in [1.807, 2.05) is 0 Å². The van der Waals surface area contributed by atoms with E-state index in [0.717, 1.165) is 0 Å². The molecule has 0 aliphatic rings. The zero-order valence-electron chi connectivity index (χ0n) is 7.35. The highest BCUT2D eigenvalue weighted by Crippen LogP contribution is 2.27. The van der Waals surface area contributed by atoms with Crippen LogP contribution in [0.4, 0.5) is 18.9 Å². The van der Waals surface area contributed by atoms with Gasteiger partial charge in [0.15, 0.2) is 0 Å². The van der Waals surface area contributed by atoms with Gasteiger partial charge in [-0.1, -0.05) is 35.3 Å². The van der Waals surface area contributed by atoms with Gasteiger partial charge in [-0.15, -0.1) is 0 Å². The Hall–Kier alpha value is -0.740. The average molecular weight is 256 g/mol. The molecule has 1 aromatic carbocycles. The molecular formula is C9H6Cl2F3N. The van der Waals surface area contributed by atoms with Crippen LogP contribution in [0.3, 0.4) is 0 Å². The normalized spacial score (nSPS) is 13.0. The number of alkyl halides is 3. The molecule has 1 aromatic rings. The third kappa shape index (κ3) is 4.53. The van der Waals surface area contributed by atoms with Crippen LogP contribution in [0.1, 0.15) is 6.42 Å². The summed E-state index contributed by atoms with van der Waals surface area (Å²) >= 11 is 11.0. The van der Waals surface area contributed by atoms with Crippen LogP contribution in [0.5, 0.6) is 0 Å². The van der Waals surface area contributed by atoms with E-state index in [9.17, 15) is 13.2 Å². The minimum atomic E-state index is -4.36. The van der Waals surface area contributed by atoms with Crippen LogP contribution in [0.2, 0.25) is 5.02 Å². The molecule has 0 heterocycles. The Balaban J connectivity index is 2.84. The summed E-state index contributed by atoms with van der Waals surface area (Å²) in [5.41, 5.74) is 0.230. The molecule has 1 rings (SSSR count). The van der Waals surface area contributed by atoms with Crippen LogP contribution in [-0.2, 0) is 0 Å². The third-order valence-corrected chi connectivity index (χ3v) is 1.98. The van der Waals surface area contributed by atoms with E-state index in [1.165, 1.54) is 12.1 Å². The van der Waals surface area contributed by atoms with Gasteiger partial charge in [0, 0.05) is 0 Å². The molecule has 0 bridgehead atoms. The first kappa shape index (κ1) is 12.3. The predicted molar refractivity (Wildman–Crippen MR) is 55.1 cm³/mol. The van der Waals surface area contributed by atoms with Crippen LogP contribution in [0.15, 0.2) is 29.3 Å². The SMILES string of the molecule is FC(F)(F)CC(Cl)=Nc1ccccc1Cl. The van der Waals surface area contributed by atoms with Crippen molar-refractivity contribution >= 4 is 34.1 Å². The second kappa shape index (κ2) is 4.86. The van der Waals surface area contributed by atoms with Gasteiger partial charge in [0.2, 0.25) is 0 Å². The van der Waals surface area contributed by atoms with Gasteiger partial charge in [-0.3, -0.25) is 0 Å². The molecule has 15 heavy (non-hydrogen) atoms. The number of benzene rings is 1. The van der Waals surface area contributed by atoms with Gasteiger partial charge in [0.1, 0.15) is 5.17 Å². The van der Waals surface area contributed by atoms with Crippen molar-refractivity contribution in [2.75, 3.05) is 0 Å². The largest absolute Gasteiger partial charge is 0.395 e. The summed E-state index contributed by atoms with van der Waals surface area (Å²) in [7, 11) is 0. The van der Waals surface area contributed by atoms with Gasteiger partial charge in [-0.05, 0) is 12.1 Å². The van der Waals surface area contributed by atoms with E-state index < -0.39 is 17.8 Å². The molecule has 0 spiro atoms. The Morgan fingerprint density at radius 3 is 2.40 bits per heavy atom. The molecular weight excluding hydrogens is 250 g/mol. The summed E-state index contributed by atoms with van der Waals surface area (Å²) in [5, 5.41) is -0.270. The highest BCUT2D eigenvalue weighted by atomic mass is 35.5. The van der Waals surface area contributed by atoms with Crippen molar-refractivity contribution in [2.24, 2.45) is 4.99 Å². The fourth-order valence-electron chi connectivity index (χ4n) is 0.878. The minimum absolute atomic E-state index is 0.230. The van der Waals surface area contributed by atoms with Crippen molar-refractivity contribution in [2.45, 2.75) is 12.6 Å². The van der Waals surface area contributed by atoms with E-state index in [-0.39, 0.29) is 10.7 Å². The number of para-hydroxylation sites is 1. The molecule has 0 fully saturated rings. The summed E-state index contributed by atoms with van der Waals surface area (Å²) in [5.74, 6) is 0. The van der Waals surface area contributed by atoms with E-state index in [1.54, 1.807) is 12.1 Å². The standard InChI is InChI=1S/C9H6Cl2F3N/c10-6-3-1-2-4-7(6)15-8(11)5-9(12,13)14/h1-4H,5H2. The van der Waals surface area contributed by atoms with Gasteiger partial charge in [-0.25, -0.2) is 4.99 Å². The first-order chi connectivity index (χ1) is 6.88. The van der Waals surface area contributed by atoms with Gasteiger partial charge in [0.25, 0.3) is 0 Å². The maximum absolute atomic E-state index is 11.9. The lowest BCUT2D eigenvalue weighted by Crippen LogP contribution is -2.10. The Kier molecular flexibility index (Phi) is 3.99. The molecule has 1 nitrogen and oxygen atoms in total. The van der Waals surface area contributed by atoms with Gasteiger partial charge in [-0.2, -0.15) is 13.2 Å². The van der Waals surface area contributed by atoms with Crippen LogP contribution in [-0.4, -0.2) is 11.3 Å². The van der Waals surface area contributed by atoms with Crippen molar-refractivity contribution in [3.8, 4) is 0 Å². The molecule has 0 amide bonds. The minimum Gasteiger partial charge on any atom is -0.239 e. The lowest BCUT2D eigenvalue weighted by atomic mass is 10.3. The van der Waals surface area contributed by atoms with E-state index in [4.69, 9.17) is 23.2 Å². The van der Waals surface area contributed by atoms with Crippen molar-refractivity contribution in [1.82, 2.24) is 0 Å². The molecule has 0 radical (unpaired) electrons. The third-order valence-electron chi connectivity index (χ3n) is 1.44. The summed E-state index contributed by atoms with van der Waals surface area (Å²) in [4.78, 5) is 3.57. The summed E-state index contributed by atoms with van der Waals surface area (Å²) in [6.07, 6.45) is -5.61. The lowest BCUT2D eigenvalue weighted by Gasteiger charge is -2.04. The van der Waals surface area contributed by atoms with Gasteiger partial charge < -0.3 is 0 Å². The average Bonchev–Trinajstić information content (AvgIpc) is 2.05. The number of nitrogens with zero attached hydrogens (tertiary/aromatic N) is 1. The van der Waals surface area contributed by atoms with Gasteiger partial charge >= 0.3 is 6.18 Å². The first-order valence-electron chi connectivity index (χ1n) is 3.93. The van der Waals surface area contributed by atoms with Crippen molar-refractivity contribution in [3.63, 3.8) is 0 Å². The van der Waals surface area contributed by atoms with Gasteiger partial charge in [0.05, 0.1) is 17.1 Å². The fourth-order valence-corrected chi connectivity index (χ4v) is 1.30. The first-order valence-corrected chi connectivity index (χ1v) is 4.68. The Morgan fingerprint density at radius 2 is 1.87 bits per heavy atom. The summed E-state index contributed by atoms with van der Waals surface area (Å²) < 4.78 is 35.7. The molecule has 0 saturated carbocycles. The van der Waals surface area contributed by atoms with Crippen LogP contribution < -0.4 is 0 Å². The smallest absolute Gasteiger partial charge is 0.239 e. The van der Waals surface area contributed by atoms with Crippen LogP contribution in [0, 0.1) is 0 Å². The molecule has 0 aliphatic heterocycles. The molecule has 0 aliphatic carbocycles. The monoisotopic (exact) mass is 255 g/mol. The summed E-state index contributed by atoms with van der Waals surface area (Å²) in [6.45, 7) is 0. The number of rotatable bonds is 2. The molecule has 0 unspecified atom stereocenters. The van der Waals surface area contributed by atoms with E-state index in [0.29, 0.717) is 0 Å². The van der Waals surface area contributed by atoms with E-state index in [2.05, 4.69) is 4.99 Å². The fraction of sp³-hybridized carbons (Fsp3) is 0.222. The van der Waals surface area contributed by atoms with Crippen molar-refractivity contribution in [1.29, 1.82) is 0 Å². The molecule has 6 heteroatoms. The lowest BCUT2D eigenvalue weighted by molar-refractivity contribution is -0.120. The quantitative estimate of drug-likeness (QED) is 0.687. The number of aliphatic imine (C=N–C) groups is 1. The van der Waals surface area contributed by atoms with Crippen LogP contribution in [0.25, 0.3) is 0 Å². The molecule has 82 valence electrons. The molecule has 0 N–H and O–H groups in total. The highest BCUT2D eigenvalue weighted by Gasteiger charge is 2.29. The predicted octanol–water partition coefficient (Wildman–Crippen LogP) is 4.56. The number of hydrogen-bond donors (Lipinski definition) is 0. The zero-order chi connectivity index (χ0) is 11.5. The van der Waals surface area contributed by atoms with E-state index >= 15 is 0 Å². The maximum Gasteiger partial charge on any atom is 0.395 e. The Labute approximate surface area is 94.5 Å². The molecule has 0 atom stereocenters. The maximum atomic E-state index is 11.9.